The highest BCUT2D eigenvalue weighted by Crippen LogP contribution is 2.25. The van der Waals surface area contributed by atoms with Gasteiger partial charge in [0.1, 0.15) is 5.58 Å². The smallest absolute Gasteiger partial charge is 0.269 e. The summed E-state index contributed by atoms with van der Waals surface area (Å²) in [6, 6.07) is 10.3. The first kappa shape index (κ1) is 17.0. The third-order valence-corrected chi connectivity index (χ3v) is 4.29. The SMILES string of the molecule is Cc1cc2occ(CC(=O)NNC(=O)c3ccc(Cl)cc3)c2cc1C. The molecule has 0 aliphatic heterocycles. The Morgan fingerprint density at radius 1 is 1.04 bits per heavy atom. The summed E-state index contributed by atoms with van der Waals surface area (Å²) >= 11 is 5.78. The van der Waals surface area contributed by atoms with Crippen LogP contribution in [0.5, 0.6) is 0 Å². The van der Waals surface area contributed by atoms with Crippen molar-refractivity contribution in [2.24, 2.45) is 0 Å². The second kappa shape index (κ2) is 6.99. The van der Waals surface area contributed by atoms with Crippen LogP contribution in [0.25, 0.3) is 11.0 Å². The summed E-state index contributed by atoms with van der Waals surface area (Å²) in [7, 11) is 0. The van der Waals surface area contributed by atoms with Gasteiger partial charge in [0, 0.05) is 21.5 Å². The Hall–Kier alpha value is -2.79. The number of benzene rings is 2. The van der Waals surface area contributed by atoms with Crippen LogP contribution in [0.4, 0.5) is 0 Å². The number of furan rings is 1. The molecule has 3 rings (SSSR count). The van der Waals surface area contributed by atoms with E-state index in [1.54, 1.807) is 30.5 Å². The average molecular weight is 357 g/mol. The van der Waals surface area contributed by atoms with E-state index in [1.165, 1.54) is 0 Å². The van der Waals surface area contributed by atoms with Gasteiger partial charge in [-0.05, 0) is 61.4 Å². The van der Waals surface area contributed by atoms with E-state index in [9.17, 15) is 9.59 Å². The highest BCUT2D eigenvalue weighted by Gasteiger charge is 2.13. The van der Waals surface area contributed by atoms with Crippen LogP contribution in [0.2, 0.25) is 5.02 Å². The molecule has 0 radical (unpaired) electrons. The van der Waals surface area contributed by atoms with Crippen molar-refractivity contribution in [1.29, 1.82) is 0 Å². The molecule has 0 spiro atoms. The van der Waals surface area contributed by atoms with Gasteiger partial charge >= 0.3 is 0 Å². The number of rotatable bonds is 3. The fourth-order valence-corrected chi connectivity index (χ4v) is 2.62. The minimum atomic E-state index is -0.409. The molecule has 2 amide bonds. The Morgan fingerprint density at radius 3 is 2.44 bits per heavy atom. The van der Waals surface area contributed by atoms with E-state index < -0.39 is 5.91 Å². The Labute approximate surface area is 149 Å². The van der Waals surface area contributed by atoms with Crippen LogP contribution in [0.1, 0.15) is 27.0 Å². The number of hydrogen-bond donors (Lipinski definition) is 2. The summed E-state index contributed by atoms with van der Waals surface area (Å²) in [5.74, 6) is -0.739. The van der Waals surface area contributed by atoms with Crippen molar-refractivity contribution in [3.8, 4) is 0 Å². The van der Waals surface area contributed by atoms with Crippen molar-refractivity contribution in [2.45, 2.75) is 20.3 Å². The molecule has 2 N–H and O–H groups in total. The summed E-state index contributed by atoms with van der Waals surface area (Å²) in [5.41, 5.74) is 8.99. The van der Waals surface area contributed by atoms with E-state index in [4.69, 9.17) is 16.0 Å². The van der Waals surface area contributed by atoms with Gasteiger partial charge in [-0.15, -0.1) is 0 Å². The van der Waals surface area contributed by atoms with Crippen molar-refractivity contribution in [3.05, 3.63) is 69.9 Å². The number of carbonyl (C=O) groups excluding carboxylic acids is 2. The molecule has 6 heteroatoms. The third-order valence-electron chi connectivity index (χ3n) is 4.04. The molecule has 128 valence electrons. The Morgan fingerprint density at radius 2 is 1.72 bits per heavy atom. The zero-order valence-corrected chi connectivity index (χ0v) is 14.6. The maximum atomic E-state index is 12.1. The van der Waals surface area contributed by atoms with Crippen molar-refractivity contribution >= 4 is 34.4 Å². The number of nitrogens with one attached hydrogen (secondary N) is 2. The van der Waals surface area contributed by atoms with Gasteiger partial charge in [0.15, 0.2) is 0 Å². The van der Waals surface area contributed by atoms with Gasteiger partial charge in [-0.25, -0.2) is 0 Å². The van der Waals surface area contributed by atoms with Gasteiger partial charge in [0.2, 0.25) is 5.91 Å². The summed E-state index contributed by atoms with van der Waals surface area (Å²) in [5, 5.41) is 1.44. The molecule has 0 atom stereocenters. The predicted octanol–water partition coefficient (Wildman–Crippen LogP) is 3.71. The van der Waals surface area contributed by atoms with E-state index in [0.717, 1.165) is 27.7 Å². The first-order chi connectivity index (χ1) is 11.9. The normalized spacial score (nSPS) is 10.7. The number of aryl methyl sites for hydroxylation is 2. The van der Waals surface area contributed by atoms with E-state index in [-0.39, 0.29) is 12.3 Å². The van der Waals surface area contributed by atoms with E-state index in [2.05, 4.69) is 10.9 Å². The molecule has 0 saturated heterocycles. The number of hydrazine groups is 1. The summed E-state index contributed by atoms with van der Waals surface area (Å²) in [6.07, 6.45) is 1.68. The third kappa shape index (κ3) is 3.83. The quantitative estimate of drug-likeness (QED) is 0.703. The number of carbonyl (C=O) groups is 2. The van der Waals surface area contributed by atoms with Crippen molar-refractivity contribution in [3.63, 3.8) is 0 Å². The van der Waals surface area contributed by atoms with Crippen LogP contribution in [0.15, 0.2) is 47.1 Å². The zero-order valence-electron chi connectivity index (χ0n) is 13.9. The zero-order chi connectivity index (χ0) is 18.0. The lowest BCUT2D eigenvalue weighted by molar-refractivity contribution is -0.121. The molecule has 5 nitrogen and oxygen atoms in total. The fraction of sp³-hybridized carbons (Fsp3) is 0.158. The molecule has 1 heterocycles. The van der Waals surface area contributed by atoms with Gasteiger partial charge in [-0.3, -0.25) is 20.4 Å². The van der Waals surface area contributed by atoms with Crippen LogP contribution < -0.4 is 10.9 Å². The second-order valence-electron chi connectivity index (χ2n) is 5.88. The van der Waals surface area contributed by atoms with Gasteiger partial charge in [-0.2, -0.15) is 0 Å². The van der Waals surface area contributed by atoms with Crippen molar-refractivity contribution in [1.82, 2.24) is 10.9 Å². The molecule has 25 heavy (non-hydrogen) atoms. The molecule has 1 aromatic heterocycles. The molecule has 0 unspecified atom stereocenters. The average Bonchev–Trinajstić information content (AvgIpc) is 2.95. The maximum Gasteiger partial charge on any atom is 0.269 e. The molecular weight excluding hydrogens is 340 g/mol. The number of amides is 2. The number of fused-ring (bicyclic) bond motifs is 1. The molecule has 0 aliphatic carbocycles. The molecule has 0 aliphatic rings. The molecule has 3 aromatic rings. The molecule has 2 aromatic carbocycles. The second-order valence-corrected chi connectivity index (χ2v) is 6.32. The highest BCUT2D eigenvalue weighted by atomic mass is 35.5. The van der Waals surface area contributed by atoms with Crippen LogP contribution in [-0.2, 0) is 11.2 Å². The largest absolute Gasteiger partial charge is 0.464 e. The molecule has 0 fully saturated rings. The van der Waals surface area contributed by atoms with Gasteiger partial charge in [-0.1, -0.05) is 11.6 Å². The lowest BCUT2D eigenvalue weighted by atomic mass is 10.0. The number of hydrogen-bond acceptors (Lipinski definition) is 3. The minimum absolute atomic E-state index is 0.108. The van der Waals surface area contributed by atoms with Crippen LogP contribution in [0.3, 0.4) is 0 Å². The summed E-state index contributed by atoms with van der Waals surface area (Å²) < 4.78 is 5.51. The standard InChI is InChI=1S/C19H17ClN2O3/c1-11-7-16-14(10-25-17(16)8-12(11)2)9-18(23)21-22-19(24)13-3-5-15(20)6-4-13/h3-8,10H,9H2,1-2H3,(H,21,23)(H,22,24). The van der Waals surface area contributed by atoms with Crippen LogP contribution in [-0.4, -0.2) is 11.8 Å². The minimum Gasteiger partial charge on any atom is -0.464 e. The fourth-order valence-electron chi connectivity index (χ4n) is 2.49. The van der Waals surface area contributed by atoms with Crippen molar-refractivity contribution < 1.29 is 14.0 Å². The Kier molecular flexibility index (Phi) is 4.76. The Balaban J connectivity index is 1.64. The molecular formula is C19H17ClN2O3. The number of halogens is 1. The summed E-state index contributed by atoms with van der Waals surface area (Å²) in [4.78, 5) is 24.1. The summed E-state index contributed by atoms with van der Waals surface area (Å²) in [6.45, 7) is 4.02. The first-order valence-corrected chi connectivity index (χ1v) is 8.14. The topological polar surface area (TPSA) is 71.3 Å². The first-order valence-electron chi connectivity index (χ1n) is 7.76. The van der Waals surface area contributed by atoms with E-state index in [0.29, 0.717) is 10.6 Å². The van der Waals surface area contributed by atoms with Gasteiger partial charge < -0.3 is 4.42 Å². The lowest BCUT2D eigenvalue weighted by Crippen LogP contribution is -2.42. The predicted molar refractivity (Wildman–Crippen MR) is 96.5 cm³/mol. The van der Waals surface area contributed by atoms with Gasteiger partial charge in [0.25, 0.3) is 5.91 Å². The Bertz CT molecular complexity index is 945. The van der Waals surface area contributed by atoms with Crippen molar-refractivity contribution in [2.75, 3.05) is 0 Å². The highest BCUT2D eigenvalue weighted by molar-refractivity contribution is 6.30. The maximum absolute atomic E-state index is 12.1. The monoisotopic (exact) mass is 356 g/mol. The van der Waals surface area contributed by atoms with Gasteiger partial charge in [0.05, 0.1) is 12.7 Å². The van der Waals surface area contributed by atoms with Crippen LogP contribution >= 0.6 is 11.6 Å². The van der Waals surface area contributed by atoms with E-state index in [1.807, 2.05) is 26.0 Å². The van der Waals surface area contributed by atoms with E-state index >= 15 is 0 Å². The molecule has 0 saturated carbocycles. The van der Waals surface area contributed by atoms with Crippen LogP contribution in [0, 0.1) is 13.8 Å². The molecule has 0 bridgehead atoms. The lowest BCUT2D eigenvalue weighted by Gasteiger charge is -2.07.